The molecule has 1 heterocycles. The van der Waals surface area contributed by atoms with Crippen molar-refractivity contribution in [1.82, 2.24) is 0 Å². The van der Waals surface area contributed by atoms with Crippen molar-refractivity contribution in [2.45, 2.75) is 17.1 Å². The third kappa shape index (κ3) is 4.57. The fraction of sp³-hybridized carbons (Fsp3) is 0.250. The van der Waals surface area contributed by atoms with Crippen molar-refractivity contribution in [3.8, 4) is 5.75 Å². The summed E-state index contributed by atoms with van der Waals surface area (Å²) in [6.07, 6.45) is 0. The van der Waals surface area contributed by atoms with Gasteiger partial charge in [-0.3, -0.25) is 9.10 Å². The molecule has 0 unspecified atom stereocenters. The van der Waals surface area contributed by atoms with Crippen LogP contribution in [0.25, 0.3) is 10.1 Å². The molecule has 9 heteroatoms. The van der Waals surface area contributed by atoms with Crippen LogP contribution in [0.4, 0.5) is 5.69 Å². The first kappa shape index (κ1) is 21.6. The van der Waals surface area contributed by atoms with Crippen molar-refractivity contribution in [2.75, 3.05) is 24.6 Å². The first-order valence-corrected chi connectivity index (χ1v) is 12.2. The van der Waals surface area contributed by atoms with Crippen LogP contribution in [0.3, 0.4) is 0 Å². The van der Waals surface area contributed by atoms with E-state index in [0.29, 0.717) is 16.8 Å². The van der Waals surface area contributed by atoms with E-state index in [1.54, 1.807) is 42.5 Å². The van der Waals surface area contributed by atoms with Gasteiger partial charge in [-0.2, -0.15) is 0 Å². The number of carbonyl (C=O) groups excluding carboxylic acids is 1. The second-order valence-electron chi connectivity index (χ2n) is 6.07. The molecule has 2 aromatic carbocycles. The summed E-state index contributed by atoms with van der Waals surface area (Å²) in [5.41, 5.74) is 1.46. The molecule has 3 rings (SSSR count). The highest BCUT2D eigenvalue weighted by Gasteiger charge is 2.28. The average molecular weight is 498 g/mol. The Morgan fingerprint density at radius 1 is 1.17 bits per heavy atom. The monoisotopic (exact) mass is 497 g/mol. The molecular weight excluding hydrogens is 478 g/mol. The number of benzene rings is 2. The van der Waals surface area contributed by atoms with Crippen molar-refractivity contribution in [3.63, 3.8) is 0 Å². The van der Waals surface area contributed by atoms with E-state index in [-0.39, 0.29) is 11.5 Å². The van der Waals surface area contributed by atoms with E-state index in [9.17, 15) is 13.2 Å². The topological polar surface area (TPSA) is 72.9 Å². The highest BCUT2D eigenvalue weighted by molar-refractivity contribution is 9.08. The largest absolute Gasteiger partial charge is 0.497 e. The SMILES string of the molecule is CCOC(=O)CN(c1ccc2scc(CBr)c2c1)S(=O)(=O)c1ccc(OC)cc1. The van der Waals surface area contributed by atoms with Crippen LogP contribution >= 0.6 is 27.3 Å². The number of carbonyl (C=O) groups is 1. The van der Waals surface area contributed by atoms with Crippen molar-refractivity contribution in [2.24, 2.45) is 0 Å². The second-order valence-corrected chi connectivity index (χ2v) is 9.40. The van der Waals surface area contributed by atoms with Crippen LogP contribution in [0.2, 0.25) is 0 Å². The number of fused-ring (bicyclic) bond motifs is 1. The summed E-state index contributed by atoms with van der Waals surface area (Å²) in [4.78, 5) is 12.3. The zero-order chi connectivity index (χ0) is 21.0. The first-order chi connectivity index (χ1) is 13.9. The zero-order valence-corrected chi connectivity index (χ0v) is 19.1. The summed E-state index contributed by atoms with van der Waals surface area (Å²) < 4.78 is 39.0. The van der Waals surface area contributed by atoms with Crippen LogP contribution in [0, 0.1) is 0 Å². The molecule has 29 heavy (non-hydrogen) atoms. The van der Waals surface area contributed by atoms with E-state index in [1.807, 2.05) is 11.4 Å². The summed E-state index contributed by atoms with van der Waals surface area (Å²) in [6.45, 7) is 1.44. The summed E-state index contributed by atoms with van der Waals surface area (Å²) >= 11 is 5.04. The highest BCUT2D eigenvalue weighted by Crippen LogP contribution is 2.33. The smallest absolute Gasteiger partial charge is 0.326 e. The Morgan fingerprint density at radius 2 is 1.90 bits per heavy atom. The van der Waals surface area contributed by atoms with E-state index >= 15 is 0 Å². The molecule has 0 bridgehead atoms. The van der Waals surface area contributed by atoms with Crippen molar-refractivity contribution in [1.29, 1.82) is 0 Å². The number of alkyl halides is 1. The lowest BCUT2D eigenvalue weighted by molar-refractivity contribution is -0.141. The van der Waals surface area contributed by atoms with E-state index in [0.717, 1.165) is 20.0 Å². The molecule has 0 aliphatic carbocycles. The fourth-order valence-electron chi connectivity index (χ4n) is 2.84. The minimum absolute atomic E-state index is 0.0636. The number of halogens is 1. The molecule has 6 nitrogen and oxygen atoms in total. The summed E-state index contributed by atoms with van der Waals surface area (Å²) in [5.74, 6) is -0.0711. The standard InChI is InChI=1S/C20H20BrNO5S2/c1-3-27-20(23)12-22(29(24,25)17-7-5-16(26-2)6-8-17)15-4-9-19-18(10-15)14(11-21)13-28-19/h4-10,13H,3,11-12H2,1-2H3. The van der Waals surface area contributed by atoms with Crippen LogP contribution in [-0.4, -0.2) is 34.6 Å². The Hall–Kier alpha value is -2.10. The van der Waals surface area contributed by atoms with Crippen molar-refractivity contribution >= 4 is 59.0 Å². The average Bonchev–Trinajstić information content (AvgIpc) is 3.14. The van der Waals surface area contributed by atoms with E-state index in [1.165, 1.54) is 19.2 Å². The number of esters is 1. The summed E-state index contributed by atoms with van der Waals surface area (Å²) in [6, 6.07) is 11.4. The van der Waals surface area contributed by atoms with Gasteiger partial charge in [0.15, 0.2) is 0 Å². The molecule has 0 atom stereocenters. The number of methoxy groups -OCH3 is 1. The van der Waals surface area contributed by atoms with Gasteiger partial charge in [0.25, 0.3) is 10.0 Å². The number of sulfonamides is 1. The van der Waals surface area contributed by atoms with Crippen LogP contribution in [0.5, 0.6) is 5.75 Å². The van der Waals surface area contributed by atoms with Gasteiger partial charge in [0.1, 0.15) is 12.3 Å². The third-order valence-electron chi connectivity index (χ3n) is 4.29. The first-order valence-electron chi connectivity index (χ1n) is 8.79. The van der Waals surface area contributed by atoms with E-state index < -0.39 is 22.5 Å². The maximum Gasteiger partial charge on any atom is 0.326 e. The minimum atomic E-state index is -4.00. The maximum atomic E-state index is 13.4. The lowest BCUT2D eigenvalue weighted by Crippen LogP contribution is -2.36. The van der Waals surface area contributed by atoms with Gasteiger partial charge >= 0.3 is 5.97 Å². The molecule has 1 aromatic heterocycles. The number of rotatable bonds is 8. The molecular formula is C20H20BrNO5S2. The molecule has 0 amide bonds. The lowest BCUT2D eigenvalue weighted by Gasteiger charge is -2.24. The number of hydrogen-bond acceptors (Lipinski definition) is 6. The van der Waals surface area contributed by atoms with Gasteiger partial charge in [-0.15, -0.1) is 11.3 Å². The second kappa shape index (κ2) is 9.15. The third-order valence-corrected chi connectivity index (χ3v) is 7.70. The summed E-state index contributed by atoms with van der Waals surface area (Å²) in [7, 11) is -2.49. The predicted octanol–water partition coefficient (Wildman–Crippen LogP) is 4.56. The van der Waals surface area contributed by atoms with E-state index in [2.05, 4.69) is 15.9 Å². The van der Waals surface area contributed by atoms with Crippen LogP contribution in [-0.2, 0) is 24.9 Å². The Labute approximate surface area is 182 Å². The molecule has 0 saturated carbocycles. The number of thiophene rings is 1. The van der Waals surface area contributed by atoms with Gasteiger partial charge in [0, 0.05) is 10.0 Å². The van der Waals surface area contributed by atoms with Crippen molar-refractivity contribution < 1.29 is 22.7 Å². The number of nitrogens with zero attached hydrogens (tertiary/aromatic N) is 1. The van der Waals surface area contributed by atoms with E-state index in [4.69, 9.17) is 9.47 Å². The molecule has 154 valence electrons. The molecule has 0 N–H and O–H groups in total. The molecule has 3 aromatic rings. The molecule has 0 fully saturated rings. The Kier molecular flexibility index (Phi) is 6.81. The lowest BCUT2D eigenvalue weighted by atomic mass is 10.2. The Bertz CT molecular complexity index is 1110. The normalized spacial score (nSPS) is 11.4. The molecule has 0 radical (unpaired) electrons. The van der Waals surface area contributed by atoms with Crippen LogP contribution < -0.4 is 9.04 Å². The van der Waals surface area contributed by atoms with Crippen LogP contribution in [0.15, 0.2) is 52.7 Å². The number of anilines is 1. The molecule has 0 saturated heterocycles. The number of ether oxygens (including phenoxy) is 2. The maximum absolute atomic E-state index is 13.4. The fourth-order valence-corrected chi connectivity index (χ4v) is 5.86. The van der Waals surface area contributed by atoms with Gasteiger partial charge in [0.2, 0.25) is 0 Å². The van der Waals surface area contributed by atoms with Gasteiger partial charge in [-0.1, -0.05) is 15.9 Å². The molecule has 0 spiro atoms. The summed E-state index contributed by atoms with van der Waals surface area (Å²) in [5, 5.41) is 3.62. The van der Waals surface area contributed by atoms with Gasteiger partial charge in [0.05, 0.1) is 24.3 Å². The Balaban J connectivity index is 2.09. The minimum Gasteiger partial charge on any atom is -0.497 e. The Morgan fingerprint density at radius 3 is 2.52 bits per heavy atom. The quantitative estimate of drug-likeness (QED) is 0.336. The molecule has 0 aliphatic rings. The predicted molar refractivity (Wildman–Crippen MR) is 119 cm³/mol. The van der Waals surface area contributed by atoms with Gasteiger partial charge in [-0.25, -0.2) is 8.42 Å². The highest BCUT2D eigenvalue weighted by atomic mass is 79.9. The van der Waals surface area contributed by atoms with Gasteiger partial charge < -0.3 is 9.47 Å². The van der Waals surface area contributed by atoms with Crippen LogP contribution in [0.1, 0.15) is 12.5 Å². The van der Waals surface area contributed by atoms with Gasteiger partial charge in [-0.05, 0) is 65.7 Å². The van der Waals surface area contributed by atoms with Crippen molar-refractivity contribution in [3.05, 3.63) is 53.4 Å². The number of hydrogen-bond donors (Lipinski definition) is 0. The molecule has 0 aliphatic heterocycles. The zero-order valence-electron chi connectivity index (χ0n) is 15.9.